The van der Waals surface area contributed by atoms with Crippen LogP contribution in [0.2, 0.25) is 0 Å². The molecule has 0 unspecified atom stereocenters. The highest BCUT2D eigenvalue weighted by Crippen LogP contribution is 2.33. The van der Waals surface area contributed by atoms with Crippen molar-refractivity contribution in [3.8, 4) is 11.1 Å². The quantitative estimate of drug-likeness (QED) is 0.0580. The third-order valence-electron chi connectivity index (χ3n) is 13.4. The normalized spacial score (nSPS) is 12.3. The topological polar surface area (TPSA) is 225 Å². The van der Waals surface area contributed by atoms with Crippen molar-refractivity contribution in [3.63, 3.8) is 0 Å². The van der Waals surface area contributed by atoms with Gasteiger partial charge in [0.25, 0.3) is 23.6 Å². The van der Waals surface area contributed by atoms with Crippen LogP contribution < -0.4 is 16.9 Å². The molecule has 6 aromatic carbocycles. The first-order chi connectivity index (χ1) is 37.3. The van der Waals surface area contributed by atoms with Crippen LogP contribution in [0.15, 0.2) is 114 Å². The fraction of sp³-hybridized carbons (Fsp3) is 0.214. The van der Waals surface area contributed by atoms with Crippen LogP contribution in [0, 0.1) is 23.3 Å². The van der Waals surface area contributed by atoms with E-state index in [1.54, 1.807) is 34.1 Å². The van der Waals surface area contributed by atoms with Crippen molar-refractivity contribution in [2.75, 3.05) is 37.6 Å². The van der Waals surface area contributed by atoms with E-state index in [2.05, 4.69) is 35.9 Å². The van der Waals surface area contributed by atoms with Gasteiger partial charge in [-0.2, -0.15) is 0 Å². The van der Waals surface area contributed by atoms with Crippen molar-refractivity contribution in [2.24, 2.45) is 0 Å². The molecule has 2 aliphatic rings. The standard InChI is InChI=1S/C28H25F2N5O2.C17H15BN4O3.C11H12BrF2NO/c1-3-34(4-2)26(36)20-13-23(30)22(29)12-19(20)16-9-10-24-21(11-16)25(33-28(31)32-24)27(37)35-14-17-7-5-6-8-18(17)15-35;19-17-20-14-6-5-12(18(24)25)7-13(14)15(21-17)16(23)22-8-10-3-1-2-4-11(10)9-22;1-3-15(4-2)11(16)7-5-9(13)10(14)6-8(7)12/h5-13H,3-4,14-15H2,1-2H3,(H2,31,32,33);1-7,24-25H,8-9H2,(H2,19,20,21);5-6H,3-4H2,1-2H3. The van der Waals surface area contributed by atoms with Gasteiger partial charge < -0.3 is 41.1 Å². The van der Waals surface area contributed by atoms with Crippen LogP contribution in [-0.4, -0.2) is 107 Å². The lowest BCUT2D eigenvalue weighted by Crippen LogP contribution is -2.31. The van der Waals surface area contributed by atoms with Gasteiger partial charge in [0, 0.05) is 67.6 Å². The first-order valence-electron chi connectivity index (χ1n) is 24.8. The third-order valence-corrected chi connectivity index (χ3v) is 14.0. The molecule has 400 valence electrons. The minimum Gasteiger partial charge on any atom is -0.423 e. The molecule has 4 amide bonds. The number of nitrogens with two attached hydrogens (primary N) is 2. The van der Waals surface area contributed by atoms with Gasteiger partial charge in [0.15, 0.2) is 23.3 Å². The molecule has 0 atom stereocenters. The summed E-state index contributed by atoms with van der Waals surface area (Å²) in [4.78, 5) is 74.8. The number of amides is 4. The molecule has 0 saturated carbocycles. The number of fused-ring (bicyclic) bond motifs is 4. The molecule has 2 aliphatic heterocycles. The second-order valence-electron chi connectivity index (χ2n) is 18.1. The number of hydrogen-bond acceptors (Lipinski definition) is 12. The number of hydrogen-bond donors (Lipinski definition) is 4. The van der Waals surface area contributed by atoms with Gasteiger partial charge in [-0.1, -0.05) is 66.7 Å². The highest BCUT2D eigenvalue weighted by Gasteiger charge is 2.30. The van der Waals surface area contributed by atoms with Crippen molar-refractivity contribution in [1.29, 1.82) is 0 Å². The van der Waals surface area contributed by atoms with E-state index in [4.69, 9.17) is 11.5 Å². The minimum absolute atomic E-state index is 0.00450. The first kappa shape index (κ1) is 55.9. The number of benzene rings is 6. The van der Waals surface area contributed by atoms with E-state index in [-0.39, 0.29) is 67.6 Å². The van der Waals surface area contributed by atoms with Gasteiger partial charge in [-0.15, -0.1) is 0 Å². The van der Waals surface area contributed by atoms with Gasteiger partial charge in [-0.05, 0) is 125 Å². The fourth-order valence-electron chi connectivity index (χ4n) is 9.23. The zero-order valence-electron chi connectivity index (χ0n) is 42.8. The molecule has 0 bridgehead atoms. The first-order valence-corrected chi connectivity index (χ1v) is 25.6. The van der Waals surface area contributed by atoms with Gasteiger partial charge in [0.2, 0.25) is 11.9 Å². The van der Waals surface area contributed by atoms with Crippen LogP contribution in [0.1, 0.15) is 91.6 Å². The number of carbonyl (C=O) groups is 4. The van der Waals surface area contributed by atoms with Gasteiger partial charge in [-0.25, -0.2) is 37.5 Å². The Bertz CT molecular complexity index is 3590. The van der Waals surface area contributed by atoms with Gasteiger partial charge in [-0.3, -0.25) is 19.2 Å². The summed E-state index contributed by atoms with van der Waals surface area (Å²) in [5.74, 6) is -5.53. The molecule has 8 aromatic rings. The zero-order valence-corrected chi connectivity index (χ0v) is 44.4. The molecule has 2 aromatic heterocycles. The molecule has 0 saturated heterocycles. The van der Waals surface area contributed by atoms with E-state index in [0.717, 1.165) is 46.5 Å². The minimum atomic E-state index is -1.64. The van der Waals surface area contributed by atoms with Crippen molar-refractivity contribution in [3.05, 3.63) is 182 Å². The van der Waals surface area contributed by atoms with Crippen molar-refractivity contribution in [2.45, 2.75) is 53.9 Å². The summed E-state index contributed by atoms with van der Waals surface area (Å²) in [7, 11) is -1.64. The molecule has 6 N–H and O–H groups in total. The van der Waals surface area contributed by atoms with Crippen molar-refractivity contribution < 1.29 is 46.8 Å². The highest BCUT2D eigenvalue weighted by atomic mass is 79.9. The van der Waals surface area contributed by atoms with E-state index < -0.39 is 36.3 Å². The number of carbonyl (C=O) groups excluding carboxylic acids is 4. The van der Waals surface area contributed by atoms with Crippen LogP contribution in [0.3, 0.4) is 0 Å². The maximum atomic E-state index is 14.4. The summed E-state index contributed by atoms with van der Waals surface area (Å²) in [6.45, 7) is 11.0. The molecule has 0 aliphatic carbocycles. The Morgan fingerprint density at radius 2 is 0.949 bits per heavy atom. The number of anilines is 2. The maximum absolute atomic E-state index is 14.4. The average molecular weight is 1130 g/mol. The molecule has 0 radical (unpaired) electrons. The molecule has 0 fully saturated rings. The lowest BCUT2D eigenvalue weighted by molar-refractivity contribution is 0.0741. The van der Waals surface area contributed by atoms with Crippen molar-refractivity contribution in [1.82, 2.24) is 39.5 Å². The highest BCUT2D eigenvalue weighted by molar-refractivity contribution is 9.10. The molecule has 4 heterocycles. The monoisotopic (exact) mass is 1130 g/mol. The number of nitrogens with zero attached hydrogens (tertiary/aromatic N) is 8. The summed E-state index contributed by atoms with van der Waals surface area (Å²) >= 11 is 3.05. The fourth-order valence-corrected chi connectivity index (χ4v) is 9.71. The van der Waals surface area contributed by atoms with Gasteiger partial charge in [0.05, 0.1) is 22.2 Å². The smallest absolute Gasteiger partial charge is 0.423 e. The lowest BCUT2D eigenvalue weighted by atomic mass is 9.79. The van der Waals surface area contributed by atoms with Crippen LogP contribution in [0.4, 0.5) is 29.5 Å². The predicted molar refractivity (Wildman–Crippen MR) is 292 cm³/mol. The summed E-state index contributed by atoms with van der Waals surface area (Å²) in [5.41, 5.74) is 18.3. The number of rotatable bonds is 10. The lowest BCUT2D eigenvalue weighted by Gasteiger charge is -2.21. The third kappa shape index (κ3) is 11.8. The Morgan fingerprint density at radius 3 is 1.40 bits per heavy atom. The molecule has 22 heteroatoms. The maximum Gasteiger partial charge on any atom is 0.488 e. The Morgan fingerprint density at radius 1 is 0.551 bits per heavy atom. The average Bonchev–Trinajstić information content (AvgIpc) is 4.12. The van der Waals surface area contributed by atoms with Crippen LogP contribution in [-0.2, 0) is 26.2 Å². The summed E-state index contributed by atoms with van der Waals surface area (Å²) < 4.78 is 54.8. The largest absolute Gasteiger partial charge is 0.488 e. The molecular formula is C56H52BBrF4N10O6. The summed E-state index contributed by atoms with van der Waals surface area (Å²) in [6, 6.07) is 29.0. The Balaban J connectivity index is 0.000000169. The molecule has 78 heavy (non-hydrogen) atoms. The van der Waals surface area contributed by atoms with Crippen LogP contribution in [0.5, 0.6) is 0 Å². The Labute approximate surface area is 454 Å². The Hall–Kier alpha value is -8.34. The van der Waals surface area contributed by atoms with E-state index in [9.17, 15) is 46.8 Å². The van der Waals surface area contributed by atoms with E-state index in [1.165, 1.54) is 21.9 Å². The predicted octanol–water partition coefficient (Wildman–Crippen LogP) is 8.05. The van der Waals surface area contributed by atoms with Gasteiger partial charge >= 0.3 is 7.12 Å². The van der Waals surface area contributed by atoms with Crippen molar-refractivity contribution >= 4 is 85.8 Å². The number of aromatic nitrogens is 4. The molecule has 16 nitrogen and oxygen atoms in total. The summed E-state index contributed by atoms with van der Waals surface area (Å²) in [6.07, 6.45) is 0. The molecule has 0 spiro atoms. The second kappa shape index (κ2) is 23.9. The SMILES string of the molecule is CCN(CC)C(=O)c1cc(F)c(F)cc1-c1ccc2nc(N)nc(C(=O)N3Cc4ccccc4C3)c2c1.CCN(CC)C(=O)c1cc(F)c(F)cc1Br.Nc1nc(C(=O)N2Cc3ccccc3C2)c2cc(B(O)O)ccc2n1. The van der Waals surface area contributed by atoms with E-state index >= 15 is 0 Å². The Kier molecular flexibility index (Phi) is 17.1. The number of nitrogen functional groups attached to an aromatic ring is 2. The molecular weight excluding hydrogens is 1080 g/mol. The van der Waals surface area contributed by atoms with Crippen LogP contribution in [0.25, 0.3) is 32.9 Å². The van der Waals surface area contributed by atoms with Crippen LogP contribution >= 0.6 is 15.9 Å². The van der Waals surface area contributed by atoms with E-state index in [1.807, 2.05) is 76.2 Å². The number of halogens is 5. The van der Waals surface area contributed by atoms with Gasteiger partial charge in [0.1, 0.15) is 11.4 Å². The summed E-state index contributed by atoms with van der Waals surface area (Å²) in [5, 5.41) is 19.6. The second-order valence-corrected chi connectivity index (χ2v) is 19.0. The van der Waals surface area contributed by atoms with E-state index in [0.29, 0.717) is 79.7 Å². The zero-order chi connectivity index (χ0) is 56.1. The molecule has 10 rings (SSSR count).